The van der Waals surface area contributed by atoms with Crippen molar-refractivity contribution in [2.45, 2.75) is 6.43 Å². The van der Waals surface area contributed by atoms with Crippen molar-refractivity contribution < 1.29 is 23.2 Å². The Hall–Kier alpha value is -3.23. The number of nitro groups is 1. The number of para-hydroxylation sites is 1. The van der Waals surface area contributed by atoms with E-state index in [0.29, 0.717) is 6.07 Å². The number of benzene rings is 2. The second-order valence-electron chi connectivity index (χ2n) is 4.39. The number of anilines is 2. The molecule has 0 aliphatic heterocycles. The second-order valence-corrected chi connectivity index (χ2v) is 4.39. The van der Waals surface area contributed by atoms with E-state index in [1.807, 2.05) is 0 Å². The van der Waals surface area contributed by atoms with Gasteiger partial charge < -0.3 is 10.5 Å². The number of nitrogens with two attached hydrogens (primary N) is 1. The molecule has 120 valence electrons. The Morgan fingerprint density at radius 2 is 1.91 bits per heavy atom. The van der Waals surface area contributed by atoms with Gasteiger partial charge in [-0.3, -0.25) is 15.4 Å². The van der Waals surface area contributed by atoms with Crippen molar-refractivity contribution in [3.05, 3.63) is 58.1 Å². The average Bonchev–Trinajstić information content (AvgIpc) is 2.49. The van der Waals surface area contributed by atoms with Gasteiger partial charge in [-0.05, 0) is 18.2 Å². The largest absolute Gasteiger partial charge is 0.417 e. The van der Waals surface area contributed by atoms with E-state index < -0.39 is 34.4 Å². The van der Waals surface area contributed by atoms with Crippen molar-refractivity contribution in [2.75, 3.05) is 11.1 Å². The zero-order valence-corrected chi connectivity index (χ0v) is 11.5. The van der Waals surface area contributed by atoms with Gasteiger partial charge in [0, 0.05) is 11.6 Å². The molecule has 7 nitrogen and oxygen atoms in total. The number of alkyl halides is 2. The number of halogens is 2. The Bertz CT molecular complexity index is 738. The van der Waals surface area contributed by atoms with Crippen LogP contribution in [0.5, 0.6) is 5.75 Å². The Balaban J connectivity index is 2.27. The Morgan fingerprint density at radius 3 is 2.48 bits per heavy atom. The highest BCUT2D eigenvalue weighted by atomic mass is 19.3. The van der Waals surface area contributed by atoms with Gasteiger partial charge in [0.25, 0.3) is 12.1 Å². The van der Waals surface area contributed by atoms with Gasteiger partial charge in [-0.1, -0.05) is 18.2 Å². The van der Waals surface area contributed by atoms with Gasteiger partial charge in [-0.15, -0.1) is 0 Å². The molecule has 0 bridgehead atoms. The predicted octanol–water partition coefficient (Wildman–Crippen LogP) is 3.73. The number of nitrogens with one attached hydrogen (secondary N) is 1. The summed E-state index contributed by atoms with van der Waals surface area (Å²) in [4.78, 5) is 21.7. The van der Waals surface area contributed by atoms with Gasteiger partial charge in [-0.25, -0.2) is 13.6 Å². The average molecular weight is 323 g/mol. The van der Waals surface area contributed by atoms with Crippen LogP contribution in [-0.2, 0) is 0 Å². The van der Waals surface area contributed by atoms with Crippen LogP contribution in [0.1, 0.15) is 12.0 Å². The number of amides is 1. The fourth-order valence-corrected chi connectivity index (χ4v) is 1.77. The molecule has 0 aliphatic rings. The van der Waals surface area contributed by atoms with Crippen LogP contribution in [0, 0.1) is 10.1 Å². The number of ether oxygens (including phenoxy) is 1. The molecular formula is C14H11F2N3O4. The quantitative estimate of drug-likeness (QED) is 0.506. The van der Waals surface area contributed by atoms with Crippen LogP contribution >= 0.6 is 0 Å². The van der Waals surface area contributed by atoms with E-state index in [0.717, 1.165) is 6.07 Å². The van der Waals surface area contributed by atoms with E-state index in [1.54, 1.807) is 18.2 Å². The van der Waals surface area contributed by atoms with Crippen molar-refractivity contribution in [3.8, 4) is 5.75 Å². The molecule has 0 saturated carbocycles. The van der Waals surface area contributed by atoms with Crippen LogP contribution < -0.4 is 15.8 Å². The van der Waals surface area contributed by atoms with Crippen LogP contribution in [0.25, 0.3) is 0 Å². The summed E-state index contributed by atoms with van der Waals surface area (Å²) in [5.41, 5.74) is 3.41. The van der Waals surface area contributed by atoms with Gasteiger partial charge in [0.05, 0.1) is 10.6 Å². The molecule has 0 fully saturated rings. The number of nitro benzene ring substituents is 1. The minimum absolute atomic E-state index is 0.211. The third-order valence-electron chi connectivity index (χ3n) is 2.82. The Kier molecular flexibility index (Phi) is 4.69. The van der Waals surface area contributed by atoms with Crippen LogP contribution in [0.15, 0.2) is 42.5 Å². The molecule has 1 amide bonds. The van der Waals surface area contributed by atoms with Crippen molar-refractivity contribution in [1.29, 1.82) is 0 Å². The molecule has 0 aromatic heterocycles. The maximum atomic E-state index is 12.8. The number of hydrogen-bond donors (Lipinski definition) is 2. The third kappa shape index (κ3) is 3.90. The van der Waals surface area contributed by atoms with Gasteiger partial charge in [-0.2, -0.15) is 0 Å². The minimum Gasteiger partial charge on any atom is -0.410 e. The molecule has 23 heavy (non-hydrogen) atoms. The Labute approximate surface area is 128 Å². The standard InChI is InChI=1S/C14H11F2N3O4/c15-13(16)8-6-10(12(17)11(7-8)19(21)22)18-14(20)23-9-4-2-1-3-5-9/h1-7,13H,17H2,(H,18,20). The number of nitrogens with zero attached hydrogens (tertiary/aromatic N) is 1. The molecule has 2 aromatic rings. The van der Waals surface area contributed by atoms with Crippen LogP contribution in [0.3, 0.4) is 0 Å². The SMILES string of the molecule is Nc1c(NC(=O)Oc2ccccc2)cc(C(F)F)cc1[N+](=O)[O-]. The highest BCUT2D eigenvalue weighted by molar-refractivity contribution is 5.92. The number of hydrogen-bond acceptors (Lipinski definition) is 5. The molecule has 0 saturated heterocycles. The number of carbonyl (C=O) groups is 1. The lowest BCUT2D eigenvalue weighted by Gasteiger charge is -2.11. The molecule has 0 unspecified atom stereocenters. The Morgan fingerprint density at radius 1 is 1.26 bits per heavy atom. The van der Waals surface area contributed by atoms with E-state index >= 15 is 0 Å². The second kappa shape index (κ2) is 6.69. The summed E-state index contributed by atoms with van der Waals surface area (Å²) in [5, 5.41) is 13.0. The van der Waals surface area contributed by atoms with E-state index in [4.69, 9.17) is 10.5 Å². The van der Waals surface area contributed by atoms with Crippen LogP contribution in [0.2, 0.25) is 0 Å². The summed E-state index contributed by atoms with van der Waals surface area (Å²) < 4.78 is 30.5. The monoisotopic (exact) mass is 323 g/mol. The summed E-state index contributed by atoms with van der Waals surface area (Å²) in [7, 11) is 0. The highest BCUT2D eigenvalue weighted by Crippen LogP contribution is 2.35. The molecule has 0 aliphatic carbocycles. The molecule has 0 heterocycles. The molecule has 0 atom stereocenters. The topological polar surface area (TPSA) is 107 Å². The van der Waals surface area contributed by atoms with Crippen molar-refractivity contribution in [1.82, 2.24) is 0 Å². The van der Waals surface area contributed by atoms with Gasteiger partial charge in [0.15, 0.2) is 0 Å². The first-order valence-corrected chi connectivity index (χ1v) is 6.28. The lowest BCUT2D eigenvalue weighted by molar-refractivity contribution is -0.383. The zero-order valence-electron chi connectivity index (χ0n) is 11.5. The summed E-state index contributed by atoms with van der Waals surface area (Å²) in [6.07, 6.45) is -3.97. The first-order chi connectivity index (χ1) is 10.9. The highest BCUT2D eigenvalue weighted by Gasteiger charge is 2.22. The maximum Gasteiger partial charge on any atom is 0.417 e. The molecule has 2 aromatic carbocycles. The molecule has 0 spiro atoms. The van der Waals surface area contributed by atoms with Crippen molar-refractivity contribution >= 4 is 23.2 Å². The number of nitrogen functional groups attached to an aromatic ring is 1. The smallest absolute Gasteiger partial charge is 0.410 e. The first-order valence-electron chi connectivity index (χ1n) is 6.28. The van der Waals surface area contributed by atoms with Gasteiger partial charge in [0.2, 0.25) is 0 Å². The normalized spacial score (nSPS) is 10.4. The first kappa shape index (κ1) is 16.1. The van der Waals surface area contributed by atoms with Gasteiger partial charge >= 0.3 is 6.09 Å². The molecular weight excluding hydrogens is 312 g/mol. The third-order valence-corrected chi connectivity index (χ3v) is 2.82. The zero-order chi connectivity index (χ0) is 17.0. The summed E-state index contributed by atoms with van der Waals surface area (Å²) in [6.45, 7) is 0. The van der Waals surface area contributed by atoms with E-state index in [9.17, 15) is 23.7 Å². The molecule has 3 N–H and O–H groups in total. The predicted molar refractivity (Wildman–Crippen MR) is 78.6 cm³/mol. The lowest BCUT2D eigenvalue weighted by atomic mass is 10.1. The number of carbonyl (C=O) groups excluding carboxylic acids is 1. The van der Waals surface area contributed by atoms with Crippen molar-refractivity contribution in [2.24, 2.45) is 0 Å². The van der Waals surface area contributed by atoms with E-state index in [1.165, 1.54) is 12.1 Å². The molecule has 0 radical (unpaired) electrons. The lowest BCUT2D eigenvalue weighted by Crippen LogP contribution is -2.18. The fraction of sp³-hybridized carbons (Fsp3) is 0.0714. The summed E-state index contributed by atoms with van der Waals surface area (Å²) >= 11 is 0. The molecule has 2 rings (SSSR count). The van der Waals surface area contributed by atoms with E-state index in [-0.39, 0.29) is 11.4 Å². The maximum absolute atomic E-state index is 12.8. The minimum atomic E-state index is -2.96. The summed E-state index contributed by atoms with van der Waals surface area (Å²) in [6, 6.07) is 9.48. The molecule has 9 heteroatoms. The number of rotatable bonds is 4. The fourth-order valence-electron chi connectivity index (χ4n) is 1.77. The van der Waals surface area contributed by atoms with Crippen LogP contribution in [0.4, 0.5) is 30.6 Å². The van der Waals surface area contributed by atoms with E-state index in [2.05, 4.69) is 5.32 Å². The van der Waals surface area contributed by atoms with Crippen LogP contribution in [-0.4, -0.2) is 11.0 Å². The summed E-state index contributed by atoms with van der Waals surface area (Å²) in [5.74, 6) is 0.211. The van der Waals surface area contributed by atoms with Crippen molar-refractivity contribution in [3.63, 3.8) is 0 Å². The van der Waals surface area contributed by atoms with Gasteiger partial charge in [0.1, 0.15) is 11.4 Å².